The van der Waals surface area contributed by atoms with Crippen LogP contribution < -0.4 is 0 Å². The summed E-state index contributed by atoms with van der Waals surface area (Å²) >= 11 is 0. The fourth-order valence-electron chi connectivity index (χ4n) is 0.847. The molecule has 0 aliphatic carbocycles. The number of ether oxygens (including phenoxy) is 2. The Hall–Kier alpha value is -0.163. The highest BCUT2D eigenvalue weighted by molar-refractivity contribution is 6.74. The van der Waals surface area contributed by atoms with Crippen LogP contribution in [0.3, 0.4) is 0 Å². The van der Waals surface area contributed by atoms with Gasteiger partial charge in [-0.25, -0.2) is 0 Å². The first kappa shape index (κ1) is 15.8. The molecular formula is C12H26O3Si. The van der Waals surface area contributed by atoms with Gasteiger partial charge in [-0.2, -0.15) is 0 Å². The molecule has 0 spiro atoms. The van der Waals surface area contributed by atoms with E-state index in [1.807, 2.05) is 0 Å². The van der Waals surface area contributed by atoms with Crippen molar-refractivity contribution in [3.63, 3.8) is 0 Å². The Morgan fingerprint density at radius 3 is 2.25 bits per heavy atom. The number of hydrogen-bond donors (Lipinski definition) is 0. The highest BCUT2D eigenvalue weighted by Crippen LogP contribution is 2.36. The minimum atomic E-state index is -1.69. The Morgan fingerprint density at radius 2 is 1.88 bits per heavy atom. The van der Waals surface area contributed by atoms with Crippen LogP contribution in [0.15, 0.2) is 12.7 Å². The van der Waals surface area contributed by atoms with Crippen molar-refractivity contribution in [2.45, 2.75) is 45.0 Å². The quantitative estimate of drug-likeness (QED) is 0.392. The van der Waals surface area contributed by atoms with Crippen LogP contribution in [-0.4, -0.2) is 34.9 Å². The van der Waals surface area contributed by atoms with Gasteiger partial charge in [0.15, 0.2) is 8.32 Å². The molecule has 1 atom stereocenters. The van der Waals surface area contributed by atoms with E-state index < -0.39 is 8.32 Å². The first-order valence-electron chi connectivity index (χ1n) is 5.61. The zero-order valence-corrected chi connectivity index (χ0v) is 12.5. The van der Waals surface area contributed by atoms with E-state index in [4.69, 9.17) is 13.9 Å². The molecule has 0 amide bonds. The zero-order valence-electron chi connectivity index (χ0n) is 11.5. The molecule has 0 rings (SSSR count). The zero-order chi connectivity index (χ0) is 12.8. The third-order valence-electron chi connectivity index (χ3n) is 3.08. The molecule has 4 heteroatoms. The molecule has 0 radical (unpaired) electrons. The van der Waals surface area contributed by atoms with Crippen LogP contribution in [0.1, 0.15) is 20.8 Å². The van der Waals surface area contributed by atoms with Crippen LogP contribution in [0.2, 0.25) is 18.1 Å². The van der Waals surface area contributed by atoms with Crippen molar-refractivity contribution >= 4 is 8.32 Å². The van der Waals surface area contributed by atoms with Crippen molar-refractivity contribution < 1.29 is 13.9 Å². The van der Waals surface area contributed by atoms with Gasteiger partial charge in [-0.05, 0) is 18.1 Å². The van der Waals surface area contributed by atoms with Crippen LogP contribution in [0.5, 0.6) is 0 Å². The van der Waals surface area contributed by atoms with E-state index >= 15 is 0 Å². The van der Waals surface area contributed by atoms with Crippen molar-refractivity contribution in [1.82, 2.24) is 0 Å². The standard InChI is InChI=1S/C12H26O3Si/c1-8-11(14-10-13-5)9-15-16(6,7)12(2,3)4/h8,11H,1,9-10H2,2-7H3/t11-/m1/s1. The Labute approximate surface area is 101 Å². The summed E-state index contributed by atoms with van der Waals surface area (Å²) in [6.45, 7) is 15.7. The van der Waals surface area contributed by atoms with E-state index in [1.54, 1.807) is 13.2 Å². The fraction of sp³-hybridized carbons (Fsp3) is 0.833. The second-order valence-corrected chi connectivity index (χ2v) is 10.2. The van der Waals surface area contributed by atoms with Gasteiger partial charge in [-0.15, -0.1) is 6.58 Å². The first-order valence-corrected chi connectivity index (χ1v) is 8.52. The maximum atomic E-state index is 6.03. The molecule has 0 aliphatic rings. The predicted octanol–water partition coefficient (Wildman–Crippen LogP) is 3.18. The highest BCUT2D eigenvalue weighted by Gasteiger charge is 2.37. The molecule has 0 saturated heterocycles. The molecule has 0 aromatic heterocycles. The fourth-order valence-corrected chi connectivity index (χ4v) is 1.86. The molecule has 0 heterocycles. The van der Waals surface area contributed by atoms with Gasteiger partial charge in [0.2, 0.25) is 0 Å². The van der Waals surface area contributed by atoms with E-state index in [0.717, 1.165) is 0 Å². The summed E-state index contributed by atoms with van der Waals surface area (Å²) in [7, 11) is -0.0858. The molecule has 0 bridgehead atoms. The van der Waals surface area contributed by atoms with E-state index in [9.17, 15) is 0 Å². The molecule has 0 unspecified atom stereocenters. The third kappa shape index (κ3) is 5.25. The van der Waals surface area contributed by atoms with Crippen LogP contribution >= 0.6 is 0 Å². The van der Waals surface area contributed by atoms with Gasteiger partial charge in [-0.1, -0.05) is 26.8 Å². The summed E-state index contributed by atoms with van der Waals surface area (Å²) in [5, 5.41) is 0.222. The molecule has 0 fully saturated rings. The Balaban J connectivity index is 4.15. The van der Waals surface area contributed by atoms with Gasteiger partial charge in [-0.3, -0.25) is 0 Å². The van der Waals surface area contributed by atoms with Gasteiger partial charge < -0.3 is 13.9 Å². The largest absolute Gasteiger partial charge is 0.414 e. The van der Waals surface area contributed by atoms with Crippen LogP contribution in [-0.2, 0) is 13.9 Å². The summed E-state index contributed by atoms with van der Waals surface area (Å²) < 4.78 is 16.3. The monoisotopic (exact) mass is 246 g/mol. The SMILES string of the molecule is C=C[C@H](CO[Si](C)(C)C(C)(C)C)OCOC. The number of hydrogen-bond acceptors (Lipinski definition) is 3. The second kappa shape index (κ2) is 6.54. The maximum absolute atomic E-state index is 6.03. The van der Waals surface area contributed by atoms with Crippen molar-refractivity contribution in [2.24, 2.45) is 0 Å². The summed E-state index contributed by atoms with van der Waals surface area (Å²) in [5.74, 6) is 0. The highest BCUT2D eigenvalue weighted by atomic mass is 28.4. The average molecular weight is 246 g/mol. The molecule has 0 aliphatic heterocycles. The van der Waals surface area contributed by atoms with Crippen LogP contribution in [0, 0.1) is 0 Å². The molecule has 0 saturated carbocycles. The summed E-state index contributed by atoms with van der Waals surface area (Å²) in [5.41, 5.74) is 0. The molecule has 16 heavy (non-hydrogen) atoms. The smallest absolute Gasteiger partial charge is 0.192 e. The molecule has 0 N–H and O–H groups in total. The lowest BCUT2D eigenvalue weighted by molar-refractivity contribution is -0.0676. The second-order valence-electron chi connectivity index (χ2n) is 5.42. The Morgan fingerprint density at radius 1 is 1.31 bits per heavy atom. The average Bonchev–Trinajstić information content (AvgIpc) is 2.16. The number of methoxy groups -OCH3 is 1. The normalized spacial score (nSPS) is 14.9. The minimum absolute atomic E-state index is 0.0888. The van der Waals surface area contributed by atoms with Gasteiger partial charge >= 0.3 is 0 Å². The lowest BCUT2D eigenvalue weighted by Crippen LogP contribution is -2.42. The summed E-state index contributed by atoms with van der Waals surface area (Å²) in [6, 6.07) is 0. The van der Waals surface area contributed by atoms with Gasteiger partial charge in [0.1, 0.15) is 12.9 Å². The first-order chi connectivity index (χ1) is 7.24. The van der Waals surface area contributed by atoms with Gasteiger partial charge in [0.05, 0.1) is 6.61 Å². The van der Waals surface area contributed by atoms with Crippen LogP contribution in [0.4, 0.5) is 0 Å². The summed E-state index contributed by atoms with van der Waals surface area (Å²) in [6.07, 6.45) is 1.67. The maximum Gasteiger partial charge on any atom is 0.192 e. The molecule has 96 valence electrons. The molecule has 0 aromatic rings. The van der Waals surface area contributed by atoms with Gasteiger partial charge in [0.25, 0.3) is 0 Å². The molecular weight excluding hydrogens is 220 g/mol. The lowest BCUT2D eigenvalue weighted by atomic mass is 10.2. The van der Waals surface area contributed by atoms with E-state index in [1.165, 1.54) is 0 Å². The summed E-state index contributed by atoms with van der Waals surface area (Å²) in [4.78, 5) is 0. The topological polar surface area (TPSA) is 27.7 Å². The van der Waals surface area contributed by atoms with Crippen molar-refractivity contribution in [3.05, 3.63) is 12.7 Å². The lowest BCUT2D eigenvalue weighted by Gasteiger charge is -2.36. The van der Waals surface area contributed by atoms with Crippen molar-refractivity contribution in [1.29, 1.82) is 0 Å². The van der Waals surface area contributed by atoms with E-state index in [0.29, 0.717) is 6.61 Å². The third-order valence-corrected chi connectivity index (χ3v) is 7.58. The van der Waals surface area contributed by atoms with Gasteiger partial charge in [0, 0.05) is 7.11 Å². The molecule has 3 nitrogen and oxygen atoms in total. The van der Waals surface area contributed by atoms with Crippen molar-refractivity contribution in [2.75, 3.05) is 20.5 Å². The Kier molecular flexibility index (Phi) is 6.48. The molecule has 0 aromatic carbocycles. The minimum Gasteiger partial charge on any atom is -0.414 e. The van der Waals surface area contributed by atoms with E-state index in [-0.39, 0.29) is 17.9 Å². The Bertz CT molecular complexity index is 209. The van der Waals surface area contributed by atoms with Crippen LogP contribution in [0.25, 0.3) is 0 Å². The predicted molar refractivity (Wildman–Crippen MR) is 70.1 cm³/mol. The van der Waals surface area contributed by atoms with E-state index in [2.05, 4.69) is 40.4 Å². The van der Waals surface area contributed by atoms with Crippen molar-refractivity contribution in [3.8, 4) is 0 Å². The number of rotatable bonds is 7.